The molecule has 2 rings (SSSR count). The standard InChI is InChI=1S/C13H16FNO3/c14-11-7-4-8-12(13(11)15(16)17)18-9-10-5-2-1-3-6-10/h4,7-8,10H,1-3,5-6,9H2. The van der Waals surface area contributed by atoms with Gasteiger partial charge in [0.1, 0.15) is 0 Å². The number of para-hydroxylation sites is 1. The zero-order valence-electron chi connectivity index (χ0n) is 10.1. The van der Waals surface area contributed by atoms with Gasteiger partial charge in [0.15, 0.2) is 5.75 Å². The van der Waals surface area contributed by atoms with Gasteiger partial charge >= 0.3 is 5.69 Å². The van der Waals surface area contributed by atoms with Crippen LogP contribution in [0.2, 0.25) is 0 Å². The summed E-state index contributed by atoms with van der Waals surface area (Å²) in [5.74, 6) is -0.381. The van der Waals surface area contributed by atoms with E-state index < -0.39 is 16.4 Å². The van der Waals surface area contributed by atoms with E-state index in [0.29, 0.717) is 12.5 Å². The van der Waals surface area contributed by atoms with E-state index in [4.69, 9.17) is 4.74 Å². The highest BCUT2D eigenvalue weighted by Gasteiger charge is 2.22. The van der Waals surface area contributed by atoms with E-state index in [1.807, 2.05) is 0 Å². The molecule has 0 unspecified atom stereocenters. The minimum atomic E-state index is -0.846. The Morgan fingerprint density at radius 3 is 2.72 bits per heavy atom. The van der Waals surface area contributed by atoms with Gasteiger partial charge in [-0.1, -0.05) is 25.3 Å². The number of hydrogen-bond acceptors (Lipinski definition) is 3. The summed E-state index contributed by atoms with van der Waals surface area (Å²) in [7, 11) is 0. The first kappa shape index (κ1) is 12.8. The van der Waals surface area contributed by atoms with E-state index in [1.165, 1.54) is 31.4 Å². The van der Waals surface area contributed by atoms with Gasteiger partial charge in [0, 0.05) is 0 Å². The Bertz CT molecular complexity index is 430. The summed E-state index contributed by atoms with van der Waals surface area (Å²) < 4.78 is 18.8. The van der Waals surface area contributed by atoms with Crippen LogP contribution >= 0.6 is 0 Å². The maximum absolute atomic E-state index is 13.3. The van der Waals surface area contributed by atoms with Crippen LogP contribution in [0.15, 0.2) is 18.2 Å². The highest BCUT2D eigenvalue weighted by Crippen LogP contribution is 2.31. The molecule has 1 fully saturated rings. The Hall–Kier alpha value is -1.65. The molecule has 0 spiro atoms. The summed E-state index contributed by atoms with van der Waals surface area (Å²) in [6.45, 7) is 0.435. The molecule has 4 nitrogen and oxygen atoms in total. The second-order valence-electron chi connectivity index (χ2n) is 4.66. The highest BCUT2D eigenvalue weighted by atomic mass is 19.1. The second kappa shape index (κ2) is 5.80. The van der Waals surface area contributed by atoms with Crippen molar-refractivity contribution in [1.29, 1.82) is 0 Å². The molecule has 0 saturated heterocycles. The van der Waals surface area contributed by atoms with Gasteiger partial charge in [-0.3, -0.25) is 10.1 Å². The van der Waals surface area contributed by atoms with E-state index in [0.717, 1.165) is 18.9 Å². The Morgan fingerprint density at radius 1 is 1.33 bits per heavy atom. The van der Waals surface area contributed by atoms with Gasteiger partial charge in [-0.05, 0) is 30.9 Å². The predicted octanol–water partition coefficient (Wildman–Crippen LogP) is 3.69. The minimum absolute atomic E-state index is 0.0329. The number of nitrogens with zero attached hydrogens (tertiary/aromatic N) is 1. The van der Waals surface area contributed by atoms with E-state index in [1.54, 1.807) is 0 Å². The SMILES string of the molecule is O=[N+]([O-])c1c(F)cccc1OCC1CCCCC1. The first-order valence-electron chi connectivity index (χ1n) is 6.24. The maximum atomic E-state index is 13.3. The lowest BCUT2D eigenvalue weighted by atomic mass is 9.90. The molecule has 0 bridgehead atoms. The Morgan fingerprint density at radius 2 is 2.06 bits per heavy atom. The van der Waals surface area contributed by atoms with Crippen molar-refractivity contribution >= 4 is 5.69 Å². The van der Waals surface area contributed by atoms with Crippen LogP contribution in [0.1, 0.15) is 32.1 Å². The molecule has 98 valence electrons. The van der Waals surface area contributed by atoms with Gasteiger partial charge in [0.05, 0.1) is 11.5 Å². The van der Waals surface area contributed by atoms with Gasteiger partial charge in [0.2, 0.25) is 5.82 Å². The fourth-order valence-electron chi connectivity index (χ4n) is 2.35. The number of hydrogen-bond donors (Lipinski definition) is 0. The molecule has 0 aromatic heterocycles. The van der Waals surface area contributed by atoms with Crippen molar-refractivity contribution in [3.05, 3.63) is 34.1 Å². The molecule has 1 aliphatic rings. The van der Waals surface area contributed by atoms with Gasteiger partial charge in [-0.2, -0.15) is 4.39 Å². The molecule has 0 radical (unpaired) electrons. The van der Waals surface area contributed by atoms with Gasteiger partial charge in [-0.15, -0.1) is 0 Å². The fourth-order valence-corrected chi connectivity index (χ4v) is 2.35. The van der Waals surface area contributed by atoms with E-state index in [2.05, 4.69) is 0 Å². The van der Waals surface area contributed by atoms with Gasteiger partial charge < -0.3 is 4.74 Å². The average molecular weight is 253 g/mol. The van der Waals surface area contributed by atoms with Crippen LogP contribution in [0, 0.1) is 21.8 Å². The summed E-state index contributed by atoms with van der Waals surface area (Å²) >= 11 is 0. The molecular weight excluding hydrogens is 237 g/mol. The van der Waals surface area contributed by atoms with Crippen molar-refractivity contribution in [2.75, 3.05) is 6.61 Å². The van der Waals surface area contributed by atoms with Crippen LogP contribution in [0.25, 0.3) is 0 Å². The molecule has 5 heteroatoms. The fraction of sp³-hybridized carbons (Fsp3) is 0.538. The van der Waals surface area contributed by atoms with Crippen molar-refractivity contribution < 1.29 is 14.1 Å². The van der Waals surface area contributed by atoms with Crippen molar-refractivity contribution in [1.82, 2.24) is 0 Å². The monoisotopic (exact) mass is 253 g/mol. The third-order valence-electron chi connectivity index (χ3n) is 3.33. The maximum Gasteiger partial charge on any atom is 0.346 e. The summed E-state index contributed by atoms with van der Waals surface area (Å²) in [4.78, 5) is 10.0. The zero-order valence-corrected chi connectivity index (χ0v) is 10.1. The summed E-state index contributed by atoms with van der Waals surface area (Å²) in [5, 5.41) is 10.8. The first-order chi connectivity index (χ1) is 8.68. The third-order valence-corrected chi connectivity index (χ3v) is 3.33. The van der Waals surface area contributed by atoms with Crippen molar-refractivity contribution in [3.8, 4) is 5.75 Å². The van der Waals surface area contributed by atoms with Crippen molar-refractivity contribution in [2.24, 2.45) is 5.92 Å². The van der Waals surface area contributed by atoms with Crippen molar-refractivity contribution in [3.63, 3.8) is 0 Å². The highest BCUT2D eigenvalue weighted by molar-refractivity contribution is 5.47. The van der Waals surface area contributed by atoms with Crippen LogP contribution in [0.4, 0.5) is 10.1 Å². The molecule has 0 atom stereocenters. The molecule has 0 aliphatic heterocycles. The van der Waals surface area contributed by atoms with Crippen molar-refractivity contribution in [2.45, 2.75) is 32.1 Å². The lowest BCUT2D eigenvalue weighted by Crippen LogP contribution is -2.15. The van der Waals surface area contributed by atoms with E-state index in [-0.39, 0.29) is 5.75 Å². The topological polar surface area (TPSA) is 52.4 Å². The normalized spacial score (nSPS) is 16.5. The van der Waals surface area contributed by atoms with Gasteiger partial charge in [0.25, 0.3) is 0 Å². The summed E-state index contributed by atoms with van der Waals surface area (Å²) in [6, 6.07) is 3.95. The van der Waals surface area contributed by atoms with E-state index in [9.17, 15) is 14.5 Å². The number of nitro groups is 1. The Labute approximate surface area is 105 Å². The van der Waals surface area contributed by atoms with Crippen LogP contribution in [0.5, 0.6) is 5.75 Å². The second-order valence-corrected chi connectivity index (χ2v) is 4.66. The first-order valence-corrected chi connectivity index (χ1v) is 6.24. The van der Waals surface area contributed by atoms with Crippen LogP contribution in [0.3, 0.4) is 0 Å². The molecule has 0 N–H and O–H groups in total. The summed E-state index contributed by atoms with van der Waals surface area (Å²) in [6.07, 6.45) is 5.78. The number of halogens is 1. The lowest BCUT2D eigenvalue weighted by molar-refractivity contribution is -0.388. The average Bonchev–Trinajstić information content (AvgIpc) is 2.37. The molecule has 1 aliphatic carbocycles. The third kappa shape index (κ3) is 2.97. The van der Waals surface area contributed by atoms with Crippen LogP contribution in [-0.2, 0) is 0 Å². The van der Waals surface area contributed by atoms with Gasteiger partial charge in [-0.25, -0.2) is 0 Å². The molecule has 0 heterocycles. The predicted molar refractivity (Wildman–Crippen MR) is 65.1 cm³/mol. The lowest BCUT2D eigenvalue weighted by Gasteiger charge is -2.21. The van der Waals surface area contributed by atoms with E-state index >= 15 is 0 Å². The number of rotatable bonds is 4. The minimum Gasteiger partial charge on any atom is -0.486 e. The zero-order chi connectivity index (χ0) is 13.0. The molecule has 1 aromatic rings. The Kier molecular flexibility index (Phi) is 4.12. The number of benzene rings is 1. The molecule has 1 saturated carbocycles. The quantitative estimate of drug-likeness (QED) is 0.607. The molecule has 18 heavy (non-hydrogen) atoms. The summed E-state index contributed by atoms with van der Waals surface area (Å²) in [5.41, 5.74) is -0.562. The van der Waals surface area contributed by atoms with Crippen LogP contribution < -0.4 is 4.74 Å². The molecule has 0 amide bonds. The molecule has 1 aromatic carbocycles. The molecular formula is C13H16FNO3. The number of nitro benzene ring substituents is 1. The largest absolute Gasteiger partial charge is 0.486 e. The number of ether oxygens (including phenoxy) is 1. The van der Waals surface area contributed by atoms with Crippen LogP contribution in [-0.4, -0.2) is 11.5 Å². The smallest absolute Gasteiger partial charge is 0.346 e. The Balaban J connectivity index is 2.04.